The molecule has 2 saturated carbocycles. The third-order valence-electron chi connectivity index (χ3n) is 4.84. The minimum Gasteiger partial charge on any atom is -0.392 e. The van der Waals surface area contributed by atoms with Crippen molar-refractivity contribution in [2.45, 2.75) is 44.2 Å². The van der Waals surface area contributed by atoms with Crippen molar-refractivity contribution in [1.82, 2.24) is 4.90 Å². The van der Waals surface area contributed by atoms with E-state index in [9.17, 15) is 14.3 Å². The Morgan fingerprint density at radius 3 is 2.43 bits per heavy atom. The van der Waals surface area contributed by atoms with Crippen LogP contribution in [-0.2, 0) is 4.79 Å². The fourth-order valence-electron chi connectivity index (χ4n) is 3.51. The molecule has 3 unspecified atom stereocenters. The molecule has 114 valence electrons. The molecule has 0 saturated heterocycles. The molecule has 2 aliphatic carbocycles. The van der Waals surface area contributed by atoms with Crippen molar-refractivity contribution in [3.63, 3.8) is 0 Å². The lowest BCUT2D eigenvalue weighted by atomic mass is 9.97. The predicted octanol–water partition coefficient (Wildman–Crippen LogP) is 2.90. The van der Waals surface area contributed by atoms with E-state index in [2.05, 4.69) is 0 Å². The number of carbonyl (C=O) groups excluding carboxylic acids is 1. The van der Waals surface area contributed by atoms with E-state index < -0.39 is 6.10 Å². The molecule has 3 nitrogen and oxygen atoms in total. The second-order valence-electron chi connectivity index (χ2n) is 6.39. The highest BCUT2D eigenvalue weighted by Gasteiger charge is 2.41. The number of rotatable bonds is 4. The van der Waals surface area contributed by atoms with Crippen LogP contribution in [-0.4, -0.2) is 29.1 Å². The van der Waals surface area contributed by atoms with Crippen molar-refractivity contribution in [1.29, 1.82) is 0 Å². The third-order valence-corrected chi connectivity index (χ3v) is 4.84. The lowest BCUT2D eigenvalue weighted by molar-refractivity contribution is -0.139. The first kappa shape index (κ1) is 14.5. The standard InChI is InChI=1S/C17H22FNO2/c1-19(17(21)14-3-2-4-15(14)20)16(11-5-6-11)12-7-9-13(18)10-8-12/h7-11,14-16,20H,2-6H2,1H3. The zero-order valence-electron chi connectivity index (χ0n) is 12.3. The molecule has 4 heteroatoms. The first-order valence-corrected chi connectivity index (χ1v) is 7.78. The van der Waals surface area contributed by atoms with Crippen LogP contribution in [0.1, 0.15) is 43.7 Å². The number of hydrogen-bond acceptors (Lipinski definition) is 2. The van der Waals surface area contributed by atoms with Gasteiger partial charge in [-0.15, -0.1) is 0 Å². The lowest BCUT2D eigenvalue weighted by Gasteiger charge is -2.31. The van der Waals surface area contributed by atoms with Gasteiger partial charge < -0.3 is 10.0 Å². The third kappa shape index (κ3) is 2.95. The highest BCUT2D eigenvalue weighted by atomic mass is 19.1. The topological polar surface area (TPSA) is 40.5 Å². The molecule has 2 aliphatic rings. The summed E-state index contributed by atoms with van der Waals surface area (Å²) in [5.74, 6) is -0.0330. The van der Waals surface area contributed by atoms with Gasteiger partial charge in [0.1, 0.15) is 5.82 Å². The molecular weight excluding hydrogens is 269 g/mol. The van der Waals surface area contributed by atoms with Crippen LogP contribution in [0.5, 0.6) is 0 Å². The van der Waals surface area contributed by atoms with E-state index in [1.807, 2.05) is 7.05 Å². The van der Waals surface area contributed by atoms with Crippen LogP contribution < -0.4 is 0 Å². The second kappa shape index (κ2) is 5.76. The largest absolute Gasteiger partial charge is 0.392 e. The van der Waals surface area contributed by atoms with E-state index in [-0.39, 0.29) is 23.7 Å². The average molecular weight is 291 g/mol. The Morgan fingerprint density at radius 1 is 1.24 bits per heavy atom. The van der Waals surface area contributed by atoms with E-state index in [1.165, 1.54) is 12.1 Å². The lowest BCUT2D eigenvalue weighted by Crippen LogP contribution is -2.39. The van der Waals surface area contributed by atoms with Gasteiger partial charge in [-0.25, -0.2) is 4.39 Å². The molecule has 21 heavy (non-hydrogen) atoms. The van der Waals surface area contributed by atoms with E-state index in [1.54, 1.807) is 17.0 Å². The number of benzene rings is 1. The van der Waals surface area contributed by atoms with Gasteiger partial charge in [-0.3, -0.25) is 4.79 Å². The summed E-state index contributed by atoms with van der Waals surface area (Å²) >= 11 is 0. The Kier molecular flexibility index (Phi) is 3.98. The Morgan fingerprint density at radius 2 is 1.90 bits per heavy atom. The summed E-state index contributed by atoms with van der Waals surface area (Å²) in [6, 6.07) is 6.45. The SMILES string of the molecule is CN(C(=O)C1CCCC1O)C(c1ccc(F)cc1)C1CC1. The van der Waals surface area contributed by atoms with Crippen molar-refractivity contribution in [3.8, 4) is 0 Å². The van der Waals surface area contributed by atoms with Crippen molar-refractivity contribution in [2.24, 2.45) is 11.8 Å². The van der Waals surface area contributed by atoms with Crippen LogP contribution in [0.15, 0.2) is 24.3 Å². The van der Waals surface area contributed by atoms with Gasteiger partial charge in [0.05, 0.1) is 18.1 Å². The summed E-state index contributed by atoms with van der Waals surface area (Å²) < 4.78 is 13.1. The highest BCUT2D eigenvalue weighted by molar-refractivity contribution is 5.80. The van der Waals surface area contributed by atoms with Crippen LogP contribution in [0.4, 0.5) is 4.39 Å². The Balaban J connectivity index is 1.80. The maximum Gasteiger partial charge on any atom is 0.228 e. The van der Waals surface area contributed by atoms with Crippen LogP contribution in [0, 0.1) is 17.7 Å². The number of nitrogens with zero attached hydrogens (tertiary/aromatic N) is 1. The molecule has 0 aliphatic heterocycles. The molecule has 1 aromatic carbocycles. The normalized spacial score (nSPS) is 26.6. The molecule has 1 N–H and O–H groups in total. The quantitative estimate of drug-likeness (QED) is 0.926. The van der Waals surface area contributed by atoms with Gasteiger partial charge in [0, 0.05) is 7.05 Å². The van der Waals surface area contributed by atoms with Crippen molar-refractivity contribution in [2.75, 3.05) is 7.05 Å². The summed E-state index contributed by atoms with van der Waals surface area (Å²) in [4.78, 5) is 14.4. The first-order chi connectivity index (χ1) is 10.1. The molecule has 0 spiro atoms. The molecule has 2 fully saturated rings. The molecule has 3 atom stereocenters. The minimum atomic E-state index is -0.506. The number of amides is 1. The maximum absolute atomic E-state index is 13.1. The summed E-state index contributed by atoms with van der Waals surface area (Å²) in [6.07, 6.45) is 4.10. The number of aliphatic hydroxyl groups is 1. The smallest absolute Gasteiger partial charge is 0.228 e. The first-order valence-electron chi connectivity index (χ1n) is 7.78. The maximum atomic E-state index is 13.1. The molecule has 0 aromatic heterocycles. The van der Waals surface area contributed by atoms with Gasteiger partial charge in [-0.1, -0.05) is 12.1 Å². The number of hydrogen-bond donors (Lipinski definition) is 1. The zero-order valence-corrected chi connectivity index (χ0v) is 12.3. The van der Waals surface area contributed by atoms with Crippen LogP contribution in [0.3, 0.4) is 0 Å². The summed E-state index contributed by atoms with van der Waals surface area (Å²) in [6.45, 7) is 0. The monoisotopic (exact) mass is 291 g/mol. The molecule has 1 aromatic rings. The Bertz CT molecular complexity index is 512. The molecule has 1 amide bonds. The number of carbonyl (C=O) groups is 1. The molecular formula is C17H22FNO2. The van der Waals surface area contributed by atoms with Gasteiger partial charge in [0.2, 0.25) is 5.91 Å². The van der Waals surface area contributed by atoms with Crippen LogP contribution in [0.2, 0.25) is 0 Å². The molecule has 0 heterocycles. The predicted molar refractivity (Wildman–Crippen MR) is 78.0 cm³/mol. The van der Waals surface area contributed by atoms with E-state index in [4.69, 9.17) is 0 Å². The molecule has 0 radical (unpaired) electrons. The summed E-state index contributed by atoms with van der Waals surface area (Å²) in [5, 5.41) is 9.95. The van der Waals surface area contributed by atoms with E-state index in [0.717, 1.165) is 37.7 Å². The molecule has 0 bridgehead atoms. The van der Waals surface area contributed by atoms with Crippen LogP contribution in [0.25, 0.3) is 0 Å². The highest BCUT2D eigenvalue weighted by Crippen LogP contribution is 2.45. The summed E-state index contributed by atoms with van der Waals surface area (Å²) in [5.41, 5.74) is 0.988. The fraction of sp³-hybridized carbons (Fsp3) is 0.588. The number of halogens is 1. The average Bonchev–Trinajstić information content (AvgIpc) is 3.21. The van der Waals surface area contributed by atoms with E-state index >= 15 is 0 Å². The van der Waals surface area contributed by atoms with Gasteiger partial charge in [-0.2, -0.15) is 0 Å². The van der Waals surface area contributed by atoms with Crippen molar-refractivity contribution in [3.05, 3.63) is 35.6 Å². The Hall–Kier alpha value is -1.42. The van der Waals surface area contributed by atoms with E-state index in [0.29, 0.717) is 5.92 Å². The minimum absolute atomic E-state index is 0.00546. The van der Waals surface area contributed by atoms with Crippen molar-refractivity contribution >= 4 is 5.91 Å². The van der Waals surface area contributed by atoms with Crippen molar-refractivity contribution < 1.29 is 14.3 Å². The Labute approximate surface area is 124 Å². The van der Waals surface area contributed by atoms with Gasteiger partial charge in [-0.05, 0) is 55.7 Å². The van der Waals surface area contributed by atoms with Gasteiger partial charge in [0.25, 0.3) is 0 Å². The van der Waals surface area contributed by atoms with Crippen LogP contribution >= 0.6 is 0 Å². The van der Waals surface area contributed by atoms with Gasteiger partial charge in [0.15, 0.2) is 0 Å². The van der Waals surface area contributed by atoms with Gasteiger partial charge >= 0.3 is 0 Å². The fourth-order valence-corrected chi connectivity index (χ4v) is 3.51. The summed E-state index contributed by atoms with van der Waals surface area (Å²) in [7, 11) is 1.82. The second-order valence-corrected chi connectivity index (χ2v) is 6.39. The number of aliphatic hydroxyl groups excluding tert-OH is 1. The zero-order chi connectivity index (χ0) is 15.0. The molecule has 3 rings (SSSR count).